The Bertz CT molecular complexity index is 917. The zero-order valence-electron chi connectivity index (χ0n) is 24.3. The average Bonchev–Trinajstić information content (AvgIpc) is 3.15. The van der Waals surface area contributed by atoms with Gasteiger partial charge in [0.2, 0.25) is 0 Å². The minimum atomic E-state index is 0.500. The van der Waals surface area contributed by atoms with Crippen LogP contribution in [0.5, 0.6) is 0 Å². The van der Waals surface area contributed by atoms with Crippen LogP contribution in [0.25, 0.3) is 11.1 Å². The molecule has 0 atom stereocenters. The van der Waals surface area contributed by atoms with Gasteiger partial charge in [-0.1, -0.05) is 36.5 Å². The number of aromatic nitrogens is 2. The van der Waals surface area contributed by atoms with Gasteiger partial charge in [-0.25, -0.2) is 0 Å². The molecule has 0 aliphatic carbocycles. The van der Waals surface area contributed by atoms with Gasteiger partial charge in [0, 0.05) is 71.1 Å². The van der Waals surface area contributed by atoms with Gasteiger partial charge in [-0.15, -0.1) is 0 Å². The Balaban J connectivity index is 0.000000777. The zero-order valence-corrected chi connectivity index (χ0v) is 24.3. The third-order valence-electron chi connectivity index (χ3n) is 5.92. The summed E-state index contributed by atoms with van der Waals surface area (Å²) in [6.45, 7) is 17.8. The maximum Gasteiger partial charge on any atom is 0.114 e. The number of methoxy groups -OCH3 is 1. The van der Waals surface area contributed by atoms with Crippen molar-refractivity contribution in [3.63, 3.8) is 0 Å². The number of hydrogen-bond acceptors (Lipinski definition) is 5. The number of ether oxygens (including phenoxy) is 2. The Morgan fingerprint density at radius 3 is 2.32 bits per heavy atom. The smallest absolute Gasteiger partial charge is 0.114 e. The molecule has 0 amide bonds. The number of halogens is 1. The number of morpholine rings is 1. The van der Waals surface area contributed by atoms with Crippen LogP contribution in [0, 0.1) is 13.8 Å². The van der Waals surface area contributed by atoms with E-state index in [9.17, 15) is 4.39 Å². The minimum absolute atomic E-state index is 0.500. The molecule has 37 heavy (non-hydrogen) atoms. The standard InChI is InChI=1S/C18H26N4O.C9H14.C2H6O.CH3F/c1-14-15(2)21(3)18(17(14)16-4-6-19-7-5-16)20-8-9-22-10-12-23-13-11-22;1-4-6-7-8-9(3)5-2;1-3-2;1-2/h4-7,20H,8-13H2,1-3H3;4-6,8H,2,7H2,1,3H3;1-2H3;1H3/b;6-4-,9-8-;;. The molecule has 0 unspecified atom stereocenters. The van der Waals surface area contributed by atoms with Crippen LogP contribution in [0.4, 0.5) is 10.2 Å². The highest BCUT2D eigenvalue weighted by atomic mass is 19.1. The Labute approximate surface area is 224 Å². The molecule has 0 saturated carbocycles. The summed E-state index contributed by atoms with van der Waals surface area (Å²) in [7, 11) is 5.88. The molecule has 208 valence electrons. The lowest BCUT2D eigenvalue weighted by Crippen LogP contribution is -2.39. The van der Waals surface area contributed by atoms with Gasteiger partial charge >= 0.3 is 0 Å². The summed E-state index contributed by atoms with van der Waals surface area (Å²) >= 11 is 0. The largest absolute Gasteiger partial charge is 0.388 e. The van der Waals surface area contributed by atoms with Crippen molar-refractivity contribution in [2.24, 2.45) is 7.05 Å². The van der Waals surface area contributed by atoms with E-state index in [2.05, 4.69) is 83.2 Å². The van der Waals surface area contributed by atoms with Crippen LogP contribution in [0.1, 0.15) is 31.5 Å². The molecule has 0 bridgehead atoms. The van der Waals surface area contributed by atoms with Crippen molar-refractivity contribution in [3.8, 4) is 11.1 Å². The van der Waals surface area contributed by atoms with Gasteiger partial charge in [0.1, 0.15) is 5.82 Å². The van der Waals surface area contributed by atoms with Crippen LogP contribution in [-0.2, 0) is 16.5 Å². The van der Waals surface area contributed by atoms with Crippen LogP contribution in [0.2, 0.25) is 0 Å². The van der Waals surface area contributed by atoms with Gasteiger partial charge in [0.25, 0.3) is 0 Å². The fourth-order valence-electron chi connectivity index (χ4n) is 3.65. The van der Waals surface area contributed by atoms with Crippen molar-refractivity contribution < 1.29 is 13.9 Å². The lowest BCUT2D eigenvalue weighted by atomic mass is 10.0. The second-order valence-electron chi connectivity index (χ2n) is 8.47. The Morgan fingerprint density at radius 2 is 1.78 bits per heavy atom. The summed E-state index contributed by atoms with van der Waals surface area (Å²) in [5, 5.41) is 3.65. The number of pyridine rings is 1. The van der Waals surface area contributed by atoms with Crippen molar-refractivity contribution >= 4 is 5.82 Å². The van der Waals surface area contributed by atoms with E-state index >= 15 is 0 Å². The van der Waals surface area contributed by atoms with Crippen molar-refractivity contribution in [1.82, 2.24) is 14.5 Å². The highest BCUT2D eigenvalue weighted by molar-refractivity contribution is 5.80. The predicted octanol–water partition coefficient (Wildman–Crippen LogP) is 6.38. The highest BCUT2D eigenvalue weighted by Gasteiger charge is 2.17. The van der Waals surface area contributed by atoms with E-state index in [-0.39, 0.29) is 0 Å². The van der Waals surface area contributed by atoms with Gasteiger partial charge in [-0.2, -0.15) is 0 Å². The Kier molecular flexibility index (Phi) is 19.8. The molecule has 3 rings (SSSR count). The third-order valence-corrected chi connectivity index (χ3v) is 5.92. The minimum Gasteiger partial charge on any atom is -0.388 e. The van der Waals surface area contributed by atoms with E-state index in [4.69, 9.17) is 4.74 Å². The molecule has 0 radical (unpaired) electrons. The monoisotopic (exact) mass is 516 g/mol. The number of anilines is 1. The topological polar surface area (TPSA) is 51.6 Å². The molecule has 0 spiro atoms. The summed E-state index contributed by atoms with van der Waals surface area (Å²) in [4.78, 5) is 6.59. The number of rotatable bonds is 8. The zero-order chi connectivity index (χ0) is 28.1. The lowest BCUT2D eigenvalue weighted by molar-refractivity contribution is 0.0398. The maximum absolute atomic E-state index is 9.50. The maximum atomic E-state index is 9.50. The Hall–Kier alpha value is -2.74. The van der Waals surface area contributed by atoms with Crippen LogP contribution in [0.15, 0.2) is 61.0 Å². The first-order chi connectivity index (χ1) is 17.9. The van der Waals surface area contributed by atoms with Gasteiger partial charge in [0.05, 0.1) is 20.4 Å². The molecule has 2 aromatic rings. The van der Waals surface area contributed by atoms with E-state index in [0.29, 0.717) is 7.18 Å². The fraction of sp³-hybridized carbons (Fsp3) is 0.500. The van der Waals surface area contributed by atoms with Gasteiger partial charge < -0.3 is 19.4 Å². The lowest BCUT2D eigenvalue weighted by Gasteiger charge is -2.26. The molecular formula is C30H49FN4O2. The van der Waals surface area contributed by atoms with Crippen LogP contribution < -0.4 is 5.32 Å². The van der Waals surface area contributed by atoms with Gasteiger partial charge in [-0.3, -0.25) is 14.3 Å². The molecule has 3 heterocycles. The second kappa shape index (κ2) is 21.4. The quantitative estimate of drug-likeness (QED) is 0.326. The van der Waals surface area contributed by atoms with Crippen LogP contribution >= 0.6 is 0 Å². The van der Waals surface area contributed by atoms with E-state index in [1.807, 2.05) is 31.5 Å². The number of hydrogen-bond donors (Lipinski definition) is 1. The van der Waals surface area contributed by atoms with E-state index in [1.165, 1.54) is 33.8 Å². The van der Waals surface area contributed by atoms with Crippen molar-refractivity contribution in [2.45, 2.75) is 34.1 Å². The molecule has 2 aromatic heterocycles. The van der Waals surface area contributed by atoms with E-state index < -0.39 is 0 Å². The average molecular weight is 517 g/mol. The normalized spacial score (nSPS) is 13.5. The molecule has 1 aliphatic rings. The third kappa shape index (κ3) is 12.9. The molecule has 7 heteroatoms. The number of alkyl halides is 1. The van der Waals surface area contributed by atoms with Crippen molar-refractivity contribution in [1.29, 1.82) is 0 Å². The highest BCUT2D eigenvalue weighted by Crippen LogP contribution is 2.34. The molecule has 6 nitrogen and oxygen atoms in total. The first-order valence-corrected chi connectivity index (χ1v) is 12.7. The van der Waals surface area contributed by atoms with Crippen LogP contribution in [0.3, 0.4) is 0 Å². The van der Waals surface area contributed by atoms with Crippen molar-refractivity contribution in [3.05, 3.63) is 72.2 Å². The summed E-state index contributed by atoms with van der Waals surface area (Å²) in [5.41, 5.74) is 6.37. The summed E-state index contributed by atoms with van der Waals surface area (Å²) in [5.74, 6) is 1.19. The summed E-state index contributed by atoms with van der Waals surface area (Å²) < 4.78 is 21.4. The van der Waals surface area contributed by atoms with E-state index in [0.717, 1.165) is 45.8 Å². The SMILES string of the molecule is C=C/C(C)=C\C/C=C\C.CF.COC.Cc1c(-c2ccncc2)c(NCCN2CCOCC2)n(C)c1C. The number of nitrogens with zero attached hydrogens (tertiary/aromatic N) is 3. The Morgan fingerprint density at radius 1 is 1.19 bits per heavy atom. The molecule has 1 N–H and O–H groups in total. The molecule has 1 fully saturated rings. The molecule has 1 saturated heterocycles. The van der Waals surface area contributed by atoms with Crippen LogP contribution in [-0.4, -0.2) is 75.2 Å². The molecular weight excluding hydrogens is 467 g/mol. The predicted molar refractivity (Wildman–Crippen MR) is 157 cm³/mol. The molecule has 1 aliphatic heterocycles. The van der Waals surface area contributed by atoms with Gasteiger partial charge in [-0.05, 0) is 57.4 Å². The number of nitrogens with one attached hydrogen (secondary N) is 1. The number of allylic oxidation sites excluding steroid dienone is 5. The first kappa shape index (κ1) is 34.3. The summed E-state index contributed by atoms with van der Waals surface area (Å²) in [6, 6.07) is 4.16. The fourth-order valence-corrected chi connectivity index (χ4v) is 3.65. The summed E-state index contributed by atoms with van der Waals surface area (Å²) in [6.07, 6.45) is 12.9. The second-order valence-corrected chi connectivity index (χ2v) is 8.47. The van der Waals surface area contributed by atoms with Gasteiger partial charge in [0.15, 0.2) is 0 Å². The first-order valence-electron chi connectivity index (χ1n) is 12.7. The van der Waals surface area contributed by atoms with E-state index in [1.54, 1.807) is 14.2 Å². The van der Waals surface area contributed by atoms with Crippen molar-refractivity contribution in [2.75, 3.05) is 66.1 Å². The molecule has 0 aromatic carbocycles.